The van der Waals surface area contributed by atoms with Gasteiger partial charge in [-0.1, -0.05) is 37.6 Å². The van der Waals surface area contributed by atoms with Gasteiger partial charge in [0.1, 0.15) is 11.6 Å². The summed E-state index contributed by atoms with van der Waals surface area (Å²) in [6, 6.07) is 8.43. The van der Waals surface area contributed by atoms with Crippen molar-refractivity contribution in [2.75, 3.05) is 0 Å². The molecular weight excluding hydrogens is 236 g/mol. The van der Waals surface area contributed by atoms with Crippen LogP contribution in [0.4, 0.5) is 0 Å². The van der Waals surface area contributed by atoms with Crippen molar-refractivity contribution in [2.24, 2.45) is 5.73 Å². The van der Waals surface area contributed by atoms with E-state index in [9.17, 15) is 0 Å². The van der Waals surface area contributed by atoms with Gasteiger partial charge in [0, 0.05) is 5.56 Å². The Balaban J connectivity index is 2.24. The smallest absolute Gasteiger partial charge is 0.163 e. The van der Waals surface area contributed by atoms with Crippen molar-refractivity contribution in [3.8, 4) is 11.4 Å². The monoisotopic (exact) mass is 256 g/mol. The summed E-state index contributed by atoms with van der Waals surface area (Å²) in [4.78, 5) is 12.9. The Morgan fingerprint density at radius 2 is 1.79 bits per heavy atom. The first-order chi connectivity index (χ1) is 9.22. The van der Waals surface area contributed by atoms with E-state index in [-0.39, 0.29) is 0 Å². The van der Waals surface area contributed by atoms with Crippen LogP contribution in [0.15, 0.2) is 24.3 Å². The van der Waals surface area contributed by atoms with Crippen LogP contribution in [0.2, 0.25) is 0 Å². The molecule has 0 spiro atoms. The van der Waals surface area contributed by atoms with Crippen molar-refractivity contribution >= 4 is 0 Å². The van der Waals surface area contributed by atoms with Crippen LogP contribution in [-0.4, -0.2) is 15.0 Å². The van der Waals surface area contributed by atoms with Crippen molar-refractivity contribution in [1.29, 1.82) is 0 Å². The lowest BCUT2D eigenvalue weighted by atomic mass is 10.1. The number of hydrogen-bond donors (Lipinski definition) is 1. The van der Waals surface area contributed by atoms with Gasteiger partial charge in [0.15, 0.2) is 5.82 Å². The van der Waals surface area contributed by atoms with E-state index < -0.39 is 0 Å². The number of aromatic nitrogens is 3. The molecule has 0 fully saturated rings. The lowest BCUT2D eigenvalue weighted by Crippen LogP contribution is -2.07. The van der Waals surface area contributed by atoms with E-state index in [1.807, 2.05) is 6.92 Å². The molecule has 0 aliphatic rings. The molecule has 0 amide bonds. The molecule has 0 aliphatic heterocycles. The third kappa shape index (κ3) is 3.58. The second-order valence-electron chi connectivity index (χ2n) is 4.63. The van der Waals surface area contributed by atoms with Crippen LogP contribution in [0, 0.1) is 6.92 Å². The summed E-state index contributed by atoms with van der Waals surface area (Å²) in [6.45, 7) is 4.40. The molecule has 0 saturated heterocycles. The number of unbranched alkanes of at least 4 members (excludes halogenated alkanes) is 1. The van der Waals surface area contributed by atoms with E-state index in [1.165, 1.54) is 18.4 Å². The average Bonchev–Trinajstić information content (AvgIpc) is 2.45. The first-order valence-electron chi connectivity index (χ1n) is 6.74. The topological polar surface area (TPSA) is 64.7 Å². The van der Waals surface area contributed by atoms with E-state index in [2.05, 4.69) is 46.1 Å². The Morgan fingerprint density at radius 1 is 1.05 bits per heavy atom. The molecule has 100 valence electrons. The fraction of sp³-hybridized carbons (Fsp3) is 0.400. The van der Waals surface area contributed by atoms with Gasteiger partial charge in [-0.15, -0.1) is 0 Å². The van der Waals surface area contributed by atoms with Gasteiger partial charge in [-0.3, -0.25) is 0 Å². The predicted octanol–water partition coefficient (Wildman–Crippen LogP) is 2.65. The zero-order valence-electron chi connectivity index (χ0n) is 11.6. The van der Waals surface area contributed by atoms with E-state index in [1.54, 1.807) is 0 Å². The number of hydrogen-bond acceptors (Lipinski definition) is 4. The highest BCUT2D eigenvalue weighted by atomic mass is 15.0. The Labute approximate surface area is 114 Å². The fourth-order valence-corrected chi connectivity index (χ4v) is 1.96. The van der Waals surface area contributed by atoms with Crippen molar-refractivity contribution in [2.45, 2.75) is 39.7 Å². The third-order valence-corrected chi connectivity index (χ3v) is 3.01. The molecule has 19 heavy (non-hydrogen) atoms. The van der Waals surface area contributed by atoms with Gasteiger partial charge < -0.3 is 5.73 Å². The minimum Gasteiger partial charge on any atom is -0.324 e. The van der Waals surface area contributed by atoms with Crippen molar-refractivity contribution in [1.82, 2.24) is 15.0 Å². The van der Waals surface area contributed by atoms with Crippen LogP contribution in [0.1, 0.15) is 37.0 Å². The second kappa shape index (κ2) is 6.38. The largest absolute Gasteiger partial charge is 0.324 e. The van der Waals surface area contributed by atoms with Crippen molar-refractivity contribution in [3.63, 3.8) is 0 Å². The van der Waals surface area contributed by atoms with Gasteiger partial charge in [0.2, 0.25) is 0 Å². The number of nitrogens with two attached hydrogens (primary N) is 1. The van der Waals surface area contributed by atoms with Crippen LogP contribution in [-0.2, 0) is 13.0 Å². The Kier molecular flexibility index (Phi) is 4.58. The maximum atomic E-state index is 5.59. The summed E-state index contributed by atoms with van der Waals surface area (Å²) in [7, 11) is 0. The van der Waals surface area contributed by atoms with Crippen molar-refractivity contribution < 1.29 is 0 Å². The minimum absolute atomic E-state index is 0.338. The van der Waals surface area contributed by atoms with Gasteiger partial charge in [-0.25, -0.2) is 15.0 Å². The summed E-state index contributed by atoms with van der Waals surface area (Å²) in [5.41, 5.74) is 7.96. The lowest BCUT2D eigenvalue weighted by Gasteiger charge is -2.05. The molecule has 4 heteroatoms. The first kappa shape index (κ1) is 13.6. The summed E-state index contributed by atoms with van der Waals surface area (Å²) < 4.78 is 0. The number of rotatable bonds is 5. The fourth-order valence-electron chi connectivity index (χ4n) is 1.96. The maximum Gasteiger partial charge on any atom is 0.163 e. The molecule has 4 nitrogen and oxygen atoms in total. The van der Waals surface area contributed by atoms with Crippen LogP contribution in [0.5, 0.6) is 0 Å². The van der Waals surface area contributed by atoms with Gasteiger partial charge >= 0.3 is 0 Å². The minimum atomic E-state index is 0.338. The van der Waals surface area contributed by atoms with E-state index in [0.717, 1.165) is 12.0 Å². The van der Waals surface area contributed by atoms with Crippen molar-refractivity contribution in [3.05, 3.63) is 41.5 Å². The molecule has 0 radical (unpaired) electrons. The zero-order valence-corrected chi connectivity index (χ0v) is 11.6. The SMILES string of the molecule is CCCCc1ccc(-c2nc(C)nc(CN)n2)cc1. The predicted molar refractivity (Wildman–Crippen MR) is 76.5 cm³/mol. The van der Waals surface area contributed by atoms with E-state index in [0.29, 0.717) is 24.0 Å². The standard InChI is InChI=1S/C15H20N4/c1-3-4-5-12-6-8-13(9-7-12)15-18-11(2)17-14(10-16)19-15/h6-9H,3-5,10,16H2,1-2H3. The average molecular weight is 256 g/mol. The quantitative estimate of drug-likeness (QED) is 0.893. The van der Waals surface area contributed by atoms with Gasteiger partial charge in [-0.2, -0.15) is 0 Å². The number of nitrogens with zero attached hydrogens (tertiary/aromatic N) is 3. The van der Waals surface area contributed by atoms with Gasteiger partial charge in [-0.05, 0) is 25.3 Å². The number of aryl methyl sites for hydroxylation is 2. The van der Waals surface area contributed by atoms with Gasteiger partial charge in [0.05, 0.1) is 6.54 Å². The third-order valence-electron chi connectivity index (χ3n) is 3.01. The van der Waals surface area contributed by atoms with Crippen LogP contribution in [0.25, 0.3) is 11.4 Å². The molecule has 0 saturated carbocycles. The summed E-state index contributed by atoms with van der Waals surface area (Å²) in [6.07, 6.45) is 3.57. The highest BCUT2D eigenvalue weighted by Crippen LogP contribution is 2.16. The summed E-state index contributed by atoms with van der Waals surface area (Å²) in [5, 5.41) is 0. The summed E-state index contributed by atoms with van der Waals surface area (Å²) >= 11 is 0. The maximum absolute atomic E-state index is 5.59. The van der Waals surface area contributed by atoms with E-state index in [4.69, 9.17) is 5.73 Å². The molecule has 1 aromatic heterocycles. The van der Waals surface area contributed by atoms with E-state index >= 15 is 0 Å². The Bertz CT molecular complexity index is 534. The zero-order chi connectivity index (χ0) is 13.7. The van der Waals surface area contributed by atoms with Crippen LogP contribution in [0.3, 0.4) is 0 Å². The van der Waals surface area contributed by atoms with Gasteiger partial charge in [0.25, 0.3) is 0 Å². The first-order valence-corrected chi connectivity index (χ1v) is 6.74. The Hall–Kier alpha value is -1.81. The molecule has 2 N–H and O–H groups in total. The highest BCUT2D eigenvalue weighted by Gasteiger charge is 2.05. The van der Waals surface area contributed by atoms with Crippen LogP contribution < -0.4 is 5.73 Å². The molecule has 0 aliphatic carbocycles. The molecule has 2 aromatic rings. The molecule has 0 unspecified atom stereocenters. The normalized spacial score (nSPS) is 10.7. The van der Waals surface area contributed by atoms with Crippen LogP contribution >= 0.6 is 0 Å². The molecule has 2 rings (SSSR count). The molecule has 1 aromatic carbocycles. The second-order valence-corrected chi connectivity index (χ2v) is 4.63. The Morgan fingerprint density at radius 3 is 2.42 bits per heavy atom. The number of benzene rings is 1. The molecule has 0 bridgehead atoms. The molecule has 0 atom stereocenters. The summed E-state index contributed by atoms with van der Waals surface area (Å²) in [5.74, 6) is 2.05. The lowest BCUT2D eigenvalue weighted by molar-refractivity contribution is 0.795. The molecule has 1 heterocycles. The molecular formula is C15H20N4. The highest BCUT2D eigenvalue weighted by molar-refractivity contribution is 5.55.